The van der Waals surface area contributed by atoms with E-state index in [1.807, 2.05) is 12.1 Å². The Morgan fingerprint density at radius 2 is 1.80 bits per heavy atom. The van der Waals surface area contributed by atoms with Crippen molar-refractivity contribution in [3.05, 3.63) is 65.5 Å². The minimum atomic E-state index is -3.58. The van der Waals surface area contributed by atoms with Gasteiger partial charge in [0.2, 0.25) is 10.0 Å². The molecular formula is C20H28FIN4O3S. The van der Waals surface area contributed by atoms with Crippen LogP contribution >= 0.6 is 24.0 Å². The lowest BCUT2D eigenvalue weighted by Gasteiger charge is -2.13. The molecule has 0 bridgehead atoms. The molecule has 0 aromatic heterocycles. The Bertz CT molecular complexity index is 926. The van der Waals surface area contributed by atoms with Crippen LogP contribution in [-0.2, 0) is 27.7 Å². The molecule has 0 fully saturated rings. The van der Waals surface area contributed by atoms with Gasteiger partial charge in [-0.3, -0.25) is 4.99 Å². The number of hydrogen-bond acceptors (Lipinski definition) is 4. The third-order valence-corrected chi connectivity index (χ3v) is 5.54. The maximum absolute atomic E-state index is 13.2. The zero-order chi connectivity index (χ0) is 21.1. The fourth-order valence-electron chi connectivity index (χ4n) is 2.61. The molecule has 0 aliphatic rings. The standard InChI is InChI=1S/C20H27FN4O3S.HI/c1-22-20(23-10-9-16-5-3-7-18(21)13-16)24-15-17-6-4-8-19(14-17)29(26,27)25-11-12-28-2;/h3-8,13-14,25H,9-12,15H2,1-2H3,(H2,22,23,24);1H. The van der Waals surface area contributed by atoms with Crippen LogP contribution in [0.15, 0.2) is 58.4 Å². The lowest BCUT2D eigenvalue weighted by molar-refractivity contribution is 0.204. The largest absolute Gasteiger partial charge is 0.383 e. The summed E-state index contributed by atoms with van der Waals surface area (Å²) in [7, 11) is -0.417. The molecule has 2 aromatic carbocycles. The number of benzene rings is 2. The average Bonchev–Trinajstić information content (AvgIpc) is 2.71. The van der Waals surface area contributed by atoms with Gasteiger partial charge >= 0.3 is 0 Å². The molecule has 0 saturated heterocycles. The summed E-state index contributed by atoms with van der Waals surface area (Å²) in [5.41, 5.74) is 1.69. The highest BCUT2D eigenvalue weighted by atomic mass is 127. The fourth-order valence-corrected chi connectivity index (χ4v) is 3.69. The molecule has 166 valence electrons. The Labute approximate surface area is 194 Å². The summed E-state index contributed by atoms with van der Waals surface area (Å²) in [5.74, 6) is 0.324. The minimum Gasteiger partial charge on any atom is -0.383 e. The van der Waals surface area contributed by atoms with E-state index in [9.17, 15) is 12.8 Å². The van der Waals surface area contributed by atoms with Crippen LogP contribution in [0, 0.1) is 5.82 Å². The molecule has 0 amide bonds. The third-order valence-electron chi connectivity index (χ3n) is 4.09. The molecule has 30 heavy (non-hydrogen) atoms. The third kappa shape index (κ3) is 8.94. The van der Waals surface area contributed by atoms with Crippen molar-refractivity contribution in [2.24, 2.45) is 4.99 Å². The summed E-state index contributed by atoms with van der Waals surface area (Å²) in [5, 5.41) is 6.30. The van der Waals surface area contributed by atoms with Gasteiger partial charge in [0, 0.05) is 33.8 Å². The summed E-state index contributed by atoms with van der Waals surface area (Å²) in [6, 6.07) is 13.2. The summed E-state index contributed by atoms with van der Waals surface area (Å²) in [6.45, 7) is 1.50. The second-order valence-corrected chi connectivity index (χ2v) is 8.04. The Morgan fingerprint density at radius 3 is 2.50 bits per heavy atom. The van der Waals surface area contributed by atoms with Gasteiger partial charge in [0.1, 0.15) is 5.82 Å². The van der Waals surface area contributed by atoms with Crippen molar-refractivity contribution in [1.82, 2.24) is 15.4 Å². The highest BCUT2D eigenvalue weighted by Crippen LogP contribution is 2.11. The first-order chi connectivity index (χ1) is 13.9. The molecule has 0 radical (unpaired) electrons. The van der Waals surface area contributed by atoms with Crippen molar-refractivity contribution in [2.75, 3.05) is 33.9 Å². The van der Waals surface area contributed by atoms with Gasteiger partial charge in [-0.1, -0.05) is 24.3 Å². The van der Waals surface area contributed by atoms with Gasteiger partial charge in [0.05, 0.1) is 11.5 Å². The molecule has 7 nitrogen and oxygen atoms in total. The van der Waals surface area contributed by atoms with E-state index in [4.69, 9.17) is 4.74 Å². The first kappa shape index (κ1) is 26.3. The second kappa shape index (κ2) is 13.5. The number of rotatable bonds is 10. The quantitative estimate of drug-likeness (QED) is 0.183. The molecule has 0 atom stereocenters. The number of hydrogen-bond donors (Lipinski definition) is 3. The van der Waals surface area contributed by atoms with Crippen LogP contribution in [0.2, 0.25) is 0 Å². The lowest BCUT2D eigenvalue weighted by atomic mass is 10.1. The summed E-state index contributed by atoms with van der Waals surface area (Å²) >= 11 is 0. The Kier molecular flexibility index (Phi) is 11.8. The number of aliphatic imine (C=N–C) groups is 1. The van der Waals surface area contributed by atoms with Crippen molar-refractivity contribution in [3.63, 3.8) is 0 Å². The molecule has 10 heteroatoms. The summed E-state index contributed by atoms with van der Waals surface area (Å²) < 4.78 is 45.2. The zero-order valence-electron chi connectivity index (χ0n) is 17.0. The van der Waals surface area contributed by atoms with Crippen molar-refractivity contribution in [3.8, 4) is 0 Å². The van der Waals surface area contributed by atoms with Crippen LogP contribution in [0.25, 0.3) is 0 Å². The van der Waals surface area contributed by atoms with Gasteiger partial charge in [0.25, 0.3) is 0 Å². The number of sulfonamides is 1. The van der Waals surface area contributed by atoms with Gasteiger partial charge in [0.15, 0.2) is 5.96 Å². The predicted molar refractivity (Wildman–Crippen MR) is 127 cm³/mol. The predicted octanol–water partition coefficient (Wildman–Crippen LogP) is 2.28. The molecule has 0 heterocycles. The minimum absolute atomic E-state index is 0. The van der Waals surface area contributed by atoms with Gasteiger partial charge in [-0.15, -0.1) is 24.0 Å². The maximum Gasteiger partial charge on any atom is 0.240 e. The number of methoxy groups -OCH3 is 1. The molecule has 2 rings (SSSR count). The van der Waals surface area contributed by atoms with Crippen LogP contribution in [0.5, 0.6) is 0 Å². The second-order valence-electron chi connectivity index (χ2n) is 6.27. The van der Waals surface area contributed by atoms with Crippen LogP contribution in [0.4, 0.5) is 4.39 Å². The van der Waals surface area contributed by atoms with Gasteiger partial charge in [-0.25, -0.2) is 17.5 Å². The summed E-state index contributed by atoms with van der Waals surface area (Å²) in [6.07, 6.45) is 0.652. The van der Waals surface area contributed by atoms with Crippen molar-refractivity contribution in [2.45, 2.75) is 17.9 Å². The number of nitrogens with one attached hydrogen (secondary N) is 3. The number of ether oxygens (including phenoxy) is 1. The fraction of sp³-hybridized carbons (Fsp3) is 0.350. The lowest BCUT2D eigenvalue weighted by Crippen LogP contribution is -2.37. The van der Waals surface area contributed by atoms with Crippen molar-refractivity contribution >= 4 is 40.0 Å². The van der Waals surface area contributed by atoms with E-state index < -0.39 is 10.0 Å². The van der Waals surface area contributed by atoms with E-state index in [1.165, 1.54) is 19.2 Å². The van der Waals surface area contributed by atoms with Crippen LogP contribution < -0.4 is 15.4 Å². The van der Waals surface area contributed by atoms with Gasteiger partial charge in [-0.2, -0.15) is 0 Å². The molecule has 0 spiro atoms. The molecule has 0 saturated carbocycles. The van der Waals surface area contributed by atoms with E-state index >= 15 is 0 Å². The van der Waals surface area contributed by atoms with E-state index in [0.29, 0.717) is 32.1 Å². The van der Waals surface area contributed by atoms with E-state index in [0.717, 1.165) is 11.1 Å². The Hall–Kier alpha value is -1.76. The topological polar surface area (TPSA) is 91.8 Å². The van der Waals surface area contributed by atoms with Crippen molar-refractivity contribution < 1.29 is 17.5 Å². The molecule has 0 unspecified atom stereocenters. The smallest absolute Gasteiger partial charge is 0.240 e. The van der Waals surface area contributed by atoms with Crippen LogP contribution in [-0.4, -0.2) is 48.2 Å². The van der Waals surface area contributed by atoms with Gasteiger partial charge < -0.3 is 15.4 Å². The highest BCUT2D eigenvalue weighted by Gasteiger charge is 2.13. The van der Waals surface area contributed by atoms with Crippen molar-refractivity contribution in [1.29, 1.82) is 0 Å². The molecular weight excluding hydrogens is 522 g/mol. The zero-order valence-corrected chi connectivity index (χ0v) is 20.2. The first-order valence-electron chi connectivity index (χ1n) is 9.21. The number of guanidine groups is 1. The first-order valence-corrected chi connectivity index (χ1v) is 10.7. The molecule has 0 aliphatic heterocycles. The molecule has 3 N–H and O–H groups in total. The van der Waals surface area contributed by atoms with E-state index in [-0.39, 0.29) is 41.2 Å². The van der Waals surface area contributed by atoms with Crippen LogP contribution in [0.1, 0.15) is 11.1 Å². The maximum atomic E-state index is 13.2. The Balaban J connectivity index is 0.00000450. The molecule has 0 aliphatic carbocycles. The highest BCUT2D eigenvalue weighted by molar-refractivity contribution is 14.0. The monoisotopic (exact) mass is 550 g/mol. The Morgan fingerprint density at radius 1 is 1.07 bits per heavy atom. The SMILES string of the molecule is CN=C(NCCc1cccc(F)c1)NCc1cccc(S(=O)(=O)NCCOC)c1.I. The number of nitrogens with zero attached hydrogens (tertiary/aromatic N) is 1. The summed E-state index contributed by atoms with van der Waals surface area (Å²) in [4.78, 5) is 4.35. The average molecular weight is 550 g/mol. The van der Waals surface area contributed by atoms with Gasteiger partial charge in [-0.05, 0) is 41.8 Å². The van der Waals surface area contributed by atoms with E-state index in [1.54, 1.807) is 31.3 Å². The molecule has 2 aromatic rings. The van der Waals surface area contributed by atoms with Crippen LogP contribution in [0.3, 0.4) is 0 Å². The van der Waals surface area contributed by atoms with E-state index in [2.05, 4.69) is 20.3 Å². The number of halogens is 2. The normalized spacial score (nSPS) is 11.6.